The Morgan fingerprint density at radius 1 is 0.861 bits per heavy atom. The van der Waals surface area contributed by atoms with E-state index < -0.39 is 5.97 Å². The van der Waals surface area contributed by atoms with Crippen molar-refractivity contribution in [2.75, 3.05) is 0 Å². The van der Waals surface area contributed by atoms with Crippen LogP contribution in [-0.2, 0) is 14.9 Å². The number of rotatable bonds is 4. The van der Waals surface area contributed by atoms with Crippen LogP contribution in [0.25, 0.3) is 17.0 Å². The second-order valence-corrected chi connectivity index (χ2v) is 11.2. The monoisotopic (exact) mass is 492 g/mol. The first-order valence-corrected chi connectivity index (χ1v) is 12.8. The van der Waals surface area contributed by atoms with Crippen LogP contribution in [0.4, 0.5) is 0 Å². The molecule has 0 fully saturated rings. The van der Waals surface area contributed by atoms with Crippen LogP contribution in [0.2, 0.25) is 0 Å². The van der Waals surface area contributed by atoms with E-state index in [0.29, 0.717) is 5.90 Å². The third-order valence-electron chi connectivity index (χ3n) is 6.11. The minimum Gasteiger partial charge on any atom is -0.402 e. The maximum Gasteiger partial charge on any atom is 0.363 e. The Bertz CT molecular complexity index is 1530. The van der Waals surface area contributed by atoms with Gasteiger partial charge in [0.05, 0.1) is 5.52 Å². The number of carbonyl (C=O) groups is 1. The molecule has 1 aliphatic rings. The Morgan fingerprint density at radius 2 is 1.56 bits per heavy atom. The summed E-state index contributed by atoms with van der Waals surface area (Å²) in [6, 6.07) is 24.6. The zero-order valence-corrected chi connectivity index (χ0v) is 21.9. The van der Waals surface area contributed by atoms with Crippen molar-refractivity contribution in [3.8, 4) is 0 Å². The Labute approximate surface area is 216 Å². The normalized spacial score (nSPS) is 14.9. The van der Waals surface area contributed by atoms with E-state index in [9.17, 15) is 4.79 Å². The summed E-state index contributed by atoms with van der Waals surface area (Å²) in [5, 5.41) is 1.83. The van der Waals surface area contributed by atoms with Crippen molar-refractivity contribution in [1.29, 1.82) is 0 Å². The van der Waals surface area contributed by atoms with Gasteiger partial charge in [0.2, 0.25) is 5.90 Å². The van der Waals surface area contributed by atoms with Crippen LogP contribution in [0, 0.1) is 13.8 Å². The van der Waals surface area contributed by atoms with Gasteiger partial charge in [-0.1, -0.05) is 74.0 Å². The zero-order valence-electron chi connectivity index (χ0n) is 21.1. The SMILES string of the molecule is Cc1ccc(Sc2nc3ccc(C)cc3cc2/C=C2/N=C(c3ccc(C(C)(C)C)cc3)OC2=O)cc1. The summed E-state index contributed by atoms with van der Waals surface area (Å²) in [6.45, 7) is 10.6. The molecule has 0 radical (unpaired) electrons. The lowest BCUT2D eigenvalue weighted by molar-refractivity contribution is -0.129. The van der Waals surface area contributed by atoms with Crippen LogP contribution in [0.3, 0.4) is 0 Å². The molecule has 0 aliphatic carbocycles. The van der Waals surface area contributed by atoms with Crippen LogP contribution in [0.1, 0.15) is 48.6 Å². The Hall–Kier alpha value is -3.70. The molecule has 2 heterocycles. The number of fused-ring (bicyclic) bond motifs is 1. The first-order valence-electron chi connectivity index (χ1n) is 12.0. The maximum absolute atomic E-state index is 12.8. The van der Waals surface area contributed by atoms with E-state index in [4.69, 9.17) is 9.72 Å². The summed E-state index contributed by atoms with van der Waals surface area (Å²) < 4.78 is 5.55. The summed E-state index contributed by atoms with van der Waals surface area (Å²) >= 11 is 1.57. The van der Waals surface area contributed by atoms with Gasteiger partial charge in [-0.25, -0.2) is 14.8 Å². The number of pyridine rings is 1. The molecular weight excluding hydrogens is 464 g/mol. The molecule has 0 bridgehead atoms. The molecule has 1 aliphatic heterocycles. The van der Waals surface area contributed by atoms with Crippen LogP contribution < -0.4 is 0 Å². The smallest absolute Gasteiger partial charge is 0.363 e. The lowest BCUT2D eigenvalue weighted by atomic mass is 9.87. The molecule has 0 amide bonds. The summed E-state index contributed by atoms with van der Waals surface area (Å²) in [6.07, 6.45) is 1.78. The number of nitrogens with zero attached hydrogens (tertiary/aromatic N) is 2. The number of esters is 1. The van der Waals surface area contributed by atoms with Crippen molar-refractivity contribution in [2.24, 2.45) is 4.99 Å². The molecular formula is C31H28N2O2S. The molecule has 180 valence electrons. The van der Waals surface area contributed by atoms with Crippen LogP contribution >= 0.6 is 11.8 Å². The Balaban J connectivity index is 1.55. The van der Waals surface area contributed by atoms with E-state index in [-0.39, 0.29) is 11.1 Å². The van der Waals surface area contributed by atoms with Crippen molar-refractivity contribution < 1.29 is 9.53 Å². The lowest BCUT2D eigenvalue weighted by Crippen LogP contribution is -2.11. The quantitative estimate of drug-likeness (QED) is 0.217. The standard InChI is InChI=1S/C31H28N2O2S/c1-19-6-13-25(14-7-19)36-29-23(17-22-16-20(2)8-15-26(22)33-29)18-27-30(34)35-28(32-27)21-9-11-24(12-10-21)31(3,4)5/h6-18H,1-5H3/b27-18+. The topological polar surface area (TPSA) is 51.6 Å². The number of cyclic esters (lactones) is 1. The van der Waals surface area contributed by atoms with Crippen molar-refractivity contribution in [2.45, 2.75) is 50.0 Å². The second kappa shape index (κ2) is 9.40. The van der Waals surface area contributed by atoms with Gasteiger partial charge < -0.3 is 4.74 Å². The third-order valence-corrected chi connectivity index (χ3v) is 7.14. The van der Waals surface area contributed by atoms with Crippen LogP contribution in [0.5, 0.6) is 0 Å². The average Bonchev–Trinajstić information content (AvgIpc) is 3.20. The van der Waals surface area contributed by atoms with Gasteiger partial charge in [0.15, 0.2) is 5.70 Å². The highest BCUT2D eigenvalue weighted by atomic mass is 32.2. The fraction of sp³-hybridized carbons (Fsp3) is 0.194. The summed E-state index contributed by atoms with van der Waals surface area (Å²) in [5.41, 5.74) is 6.40. The first kappa shape index (κ1) is 24.0. The highest BCUT2D eigenvalue weighted by Crippen LogP contribution is 2.34. The highest BCUT2D eigenvalue weighted by Gasteiger charge is 2.25. The summed E-state index contributed by atoms with van der Waals surface area (Å²) in [5.74, 6) is -0.135. The maximum atomic E-state index is 12.8. The molecule has 0 unspecified atom stereocenters. The van der Waals surface area contributed by atoms with E-state index in [0.717, 1.165) is 37.5 Å². The molecule has 4 nitrogen and oxygen atoms in total. The van der Waals surface area contributed by atoms with Gasteiger partial charge in [0.1, 0.15) is 5.03 Å². The van der Waals surface area contributed by atoms with Gasteiger partial charge in [-0.15, -0.1) is 0 Å². The predicted octanol–water partition coefficient (Wildman–Crippen LogP) is 7.64. The lowest BCUT2D eigenvalue weighted by Gasteiger charge is -2.18. The number of aliphatic imine (C=N–C) groups is 1. The molecule has 4 aromatic rings. The largest absolute Gasteiger partial charge is 0.402 e. The molecule has 36 heavy (non-hydrogen) atoms. The number of aryl methyl sites for hydroxylation is 2. The molecule has 5 rings (SSSR count). The fourth-order valence-corrected chi connectivity index (χ4v) is 4.87. The van der Waals surface area contributed by atoms with Crippen molar-refractivity contribution >= 4 is 40.6 Å². The van der Waals surface area contributed by atoms with Gasteiger partial charge in [-0.05, 0) is 73.4 Å². The van der Waals surface area contributed by atoms with Gasteiger partial charge in [-0.3, -0.25) is 0 Å². The summed E-state index contributed by atoms with van der Waals surface area (Å²) in [4.78, 5) is 23.3. The molecule has 0 N–H and O–H groups in total. The minimum atomic E-state index is -0.458. The van der Waals surface area contributed by atoms with Crippen molar-refractivity contribution in [1.82, 2.24) is 4.98 Å². The van der Waals surface area contributed by atoms with Gasteiger partial charge >= 0.3 is 5.97 Å². The predicted molar refractivity (Wildman–Crippen MR) is 148 cm³/mol. The highest BCUT2D eigenvalue weighted by molar-refractivity contribution is 7.99. The molecule has 0 saturated heterocycles. The first-order chi connectivity index (χ1) is 17.2. The zero-order chi connectivity index (χ0) is 25.4. The number of ether oxygens (including phenoxy) is 1. The minimum absolute atomic E-state index is 0.0463. The number of aromatic nitrogens is 1. The number of benzene rings is 3. The van der Waals surface area contributed by atoms with Gasteiger partial charge in [0.25, 0.3) is 0 Å². The molecule has 5 heteroatoms. The van der Waals surface area contributed by atoms with E-state index in [1.165, 1.54) is 11.1 Å². The third kappa shape index (κ3) is 5.12. The van der Waals surface area contributed by atoms with Crippen molar-refractivity contribution in [3.05, 3.63) is 106 Å². The molecule has 0 atom stereocenters. The Morgan fingerprint density at radius 3 is 2.25 bits per heavy atom. The van der Waals surface area contributed by atoms with Crippen LogP contribution in [0.15, 0.2) is 93.4 Å². The van der Waals surface area contributed by atoms with Gasteiger partial charge in [0, 0.05) is 21.4 Å². The van der Waals surface area contributed by atoms with Crippen LogP contribution in [-0.4, -0.2) is 16.9 Å². The molecule has 0 spiro atoms. The van der Waals surface area contributed by atoms with E-state index >= 15 is 0 Å². The molecule has 0 saturated carbocycles. The second-order valence-electron chi connectivity index (χ2n) is 10.2. The number of hydrogen-bond donors (Lipinski definition) is 0. The van der Waals surface area contributed by atoms with Crippen molar-refractivity contribution in [3.63, 3.8) is 0 Å². The summed E-state index contributed by atoms with van der Waals surface area (Å²) in [7, 11) is 0. The molecule has 1 aromatic heterocycles. The number of carbonyl (C=O) groups excluding carboxylic acids is 1. The van der Waals surface area contributed by atoms with E-state index in [1.54, 1.807) is 17.8 Å². The van der Waals surface area contributed by atoms with E-state index in [2.05, 4.69) is 94.2 Å². The fourth-order valence-electron chi connectivity index (χ4n) is 3.99. The Kier molecular flexibility index (Phi) is 6.27. The van der Waals surface area contributed by atoms with Gasteiger partial charge in [-0.2, -0.15) is 0 Å². The van der Waals surface area contributed by atoms with E-state index in [1.807, 2.05) is 18.2 Å². The molecule has 3 aromatic carbocycles. The average molecular weight is 493 g/mol. The number of hydrogen-bond acceptors (Lipinski definition) is 5.